The number of aryl methyl sites for hydroxylation is 2. The van der Waals surface area contributed by atoms with Crippen LogP contribution >= 0.6 is 0 Å². The van der Waals surface area contributed by atoms with Crippen LogP contribution in [0.1, 0.15) is 36.5 Å². The summed E-state index contributed by atoms with van der Waals surface area (Å²) in [7, 11) is 3.71. The molecule has 5 heterocycles. The van der Waals surface area contributed by atoms with E-state index in [1.165, 1.54) is 0 Å². The second-order valence-electron chi connectivity index (χ2n) is 9.46. The second-order valence-corrected chi connectivity index (χ2v) is 9.46. The van der Waals surface area contributed by atoms with Crippen molar-refractivity contribution in [3.8, 4) is 23.0 Å². The fraction of sp³-hybridized carbons (Fsp3) is 0.462. The van der Waals surface area contributed by atoms with Crippen molar-refractivity contribution >= 4 is 23.1 Å². The number of likely N-dealkylation sites (N-methyl/N-ethyl adjacent to an activating group) is 1. The highest BCUT2D eigenvalue weighted by atomic mass is 16.5. The van der Waals surface area contributed by atoms with Gasteiger partial charge in [0.1, 0.15) is 12.8 Å². The van der Waals surface area contributed by atoms with Gasteiger partial charge in [0.15, 0.2) is 0 Å². The normalized spacial score (nSPS) is 17.1. The number of nitrogens with zero attached hydrogens (tertiary/aromatic N) is 7. The maximum atomic E-state index is 9.76. The van der Waals surface area contributed by atoms with Crippen molar-refractivity contribution in [1.82, 2.24) is 45.0 Å². The quantitative estimate of drug-likeness (QED) is 0.327. The summed E-state index contributed by atoms with van der Waals surface area (Å²) in [5.41, 5.74) is 5.90. The Bertz CT molecular complexity index is 1450. The molecule has 0 unspecified atom stereocenters. The largest absolute Gasteiger partial charge is 0.473 e. The molecule has 12 nitrogen and oxygen atoms in total. The van der Waals surface area contributed by atoms with E-state index >= 15 is 0 Å². The molecule has 1 aliphatic heterocycles. The molecule has 0 aromatic carbocycles. The van der Waals surface area contributed by atoms with E-state index in [2.05, 4.69) is 39.4 Å². The third-order valence-corrected chi connectivity index (χ3v) is 6.69. The molecule has 202 valence electrons. The summed E-state index contributed by atoms with van der Waals surface area (Å²) in [6, 6.07) is 2.02. The molecule has 0 spiro atoms. The Hall–Kier alpha value is -3.74. The standard InChI is InChI=1S/C26H35N9O3/c1-6-34-13-16(2)38-26-24(17(3)31-33(26)5)21-11-19-20(29-30-22(19)12-28-21)8-7-18-23(14-34)35(9-10-36)32-25(18)37-15-27-4/h7-8,11-12,16,27,36H,6,9-10,13-15H2,1-5H3,(H,29,30)/b8-7+/t16-/m1/s1. The minimum absolute atomic E-state index is 0.0304. The van der Waals surface area contributed by atoms with Crippen LogP contribution in [0.5, 0.6) is 11.8 Å². The third-order valence-electron chi connectivity index (χ3n) is 6.69. The van der Waals surface area contributed by atoms with E-state index in [0.717, 1.165) is 51.4 Å². The van der Waals surface area contributed by atoms with Gasteiger partial charge in [-0.3, -0.25) is 25.0 Å². The molecule has 0 amide bonds. The zero-order valence-electron chi connectivity index (χ0n) is 22.5. The number of fused-ring (bicyclic) bond motifs is 4. The number of aliphatic hydroxyl groups is 1. The Labute approximate surface area is 221 Å². The van der Waals surface area contributed by atoms with Crippen molar-refractivity contribution in [3.63, 3.8) is 0 Å². The minimum atomic E-state index is -0.130. The summed E-state index contributed by atoms with van der Waals surface area (Å²) in [4.78, 5) is 7.00. The van der Waals surface area contributed by atoms with Crippen LogP contribution in [0.3, 0.4) is 0 Å². The van der Waals surface area contributed by atoms with Crippen molar-refractivity contribution in [1.29, 1.82) is 0 Å². The van der Waals surface area contributed by atoms with Crippen LogP contribution in [0.25, 0.3) is 34.3 Å². The Balaban J connectivity index is 1.70. The highest BCUT2D eigenvalue weighted by molar-refractivity contribution is 5.92. The average Bonchev–Trinajstić information content (AvgIpc) is 3.53. The van der Waals surface area contributed by atoms with Crippen LogP contribution in [0.15, 0.2) is 12.3 Å². The first-order valence-corrected chi connectivity index (χ1v) is 12.9. The summed E-state index contributed by atoms with van der Waals surface area (Å²) in [5.74, 6) is 1.18. The molecule has 1 atom stereocenters. The first-order chi connectivity index (χ1) is 18.4. The second kappa shape index (κ2) is 10.9. The SMILES string of the molecule is CCN1Cc2c(c(OCNC)nn2CCO)/C=C/c2n[nH]c3cnc(cc23)-c2c(C)nn(C)c2O[C@H](C)C1. The van der Waals surface area contributed by atoms with E-state index in [9.17, 15) is 5.11 Å². The zero-order chi connectivity index (χ0) is 26.8. The smallest absolute Gasteiger partial charge is 0.241 e. The van der Waals surface area contributed by atoms with Gasteiger partial charge in [0.25, 0.3) is 0 Å². The van der Waals surface area contributed by atoms with Crippen LogP contribution in [-0.2, 0) is 20.1 Å². The molecular formula is C26H35N9O3. The molecule has 4 aromatic rings. The van der Waals surface area contributed by atoms with E-state index in [4.69, 9.17) is 19.6 Å². The minimum Gasteiger partial charge on any atom is -0.473 e. The van der Waals surface area contributed by atoms with Crippen LogP contribution < -0.4 is 14.8 Å². The lowest BCUT2D eigenvalue weighted by molar-refractivity contribution is 0.133. The predicted octanol–water partition coefficient (Wildman–Crippen LogP) is 2.18. The van der Waals surface area contributed by atoms with Gasteiger partial charge < -0.3 is 14.6 Å². The number of aromatic amines is 1. The first kappa shape index (κ1) is 25.9. The molecule has 0 saturated carbocycles. The van der Waals surface area contributed by atoms with Crippen molar-refractivity contribution in [2.24, 2.45) is 7.05 Å². The molecule has 0 aliphatic carbocycles. The zero-order valence-corrected chi connectivity index (χ0v) is 22.5. The Kier molecular flexibility index (Phi) is 7.45. The monoisotopic (exact) mass is 521 g/mol. The van der Waals surface area contributed by atoms with E-state index in [0.29, 0.717) is 38.1 Å². The van der Waals surface area contributed by atoms with Gasteiger partial charge in [0, 0.05) is 25.5 Å². The molecule has 0 fully saturated rings. The van der Waals surface area contributed by atoms with Gasteiger partial charge in [0.05, 0.1) is 58.8 Å². The Morgan fingerprint density at radius 3 is 2.89 bits per heavy atom. The first-order valence-electron chi connectivity index (χ1n) is 12.9. The number of hydrogen-bond donors (Lipinski definition) is 3. The van der Waals surface area contributed by atoms with Gasteiger partial charge in [-0.2, -0.15) is 10.2 Å². The number of nitrogens with one attached hydrogen (secondary N) is 2. The van der Waals surface area contributed by atoms with Gasteiger partial charge in [-0.1, -0.05) is 6.92 Å². The van der Waals surface area contributed by atoms with E-state index in [-0.39, 0.29) is 12.7 Å². The van der Waals surface area contributed by atoms with Crippen LogP contribution in [0.4, 0.5) is 0 Å². The van der Waals surface area contributed by atoms with Crippen LogP contribution in [-0.4, -0.2) is 84.3 Å². The van der Waals surface area contributed by atoms with E-state index in [1.54, 1.807) is 10.9 Å². The average molecular weight is 522 g/mol. The molecule has 38 heavy (non-hydrogen) atoms. The fourth-order valence-electron chi connectivity index (χ4n) is 4.89. The number of rotatable bonds is 6. The molecule has 1 aliphatic rings. The molecule has 3 N–H and O–H groups in total. The number of ether oxygens (including phenoxy) is 2. The number of hydrogen-bond acceptors (Lipinski definition) is 9. The lowest BCUT2D eigenvalue weighted by atomic mass is 10.1. The molecule has 0 radical (unpaired) electrons. The summed E-state index contributed by atoms with van der Waals surface area (Å²) >= 11 is 0. The van der Waals surface area contributed by atoms with Crippen LogP contribution in [0, 0.1) is 6.92 Å². The van der Waals surface area contributed by atoms with Gasteiger partial charge in [-0.15, -0.1) is 5.10 Å². The molecule has 2 bridgehead atoms. The van der Waals surface area contributed by atoms with Crippen molar-refractivity contribution in [2.75, 3.05) is 33.5 Å². The molecule has 5 rings (SSSR count). The fourth-order valence-corrected chi connectivity index (χ4v) is 4.89. The topological polar surface area (TPSA) is 131 Å². The highest BCUT2D eigenvalue weighted by Gasteiger charge is 2.24. The van der Waals surface area contributed by atoms with Gasteiger partial charge >= 0.3 is 0 Å². The van der Waals surface area contributed by atoms with Gasteiger partial charge in [-0.25, -0.2) is 4.68 Å². The lowest BCUT2D eigenvalue weighted by Gasteiger charge is -2.25. The van der Waals surface area contributed by atoms with E-state index < -0.39 is 0 Å². The maximum absolute atomic E-state index is 9.76. The van der Waals surface area contributed by atoms with Gasteiger partial charge in [-0.05, 0) is 45.7 Å². The summed E-state index contributed by atoms with van der Waals surface area (Å²) in [5, 5.41) is 30.7. The van der Waals surface area contributed by atoms with Crippen LogP contribution in [0.2, 0.25) is 0 Å². The molecule has 0 saturated heterocycles. The van der Waals surface area contributed by atoms with Crippen molar-refractivity contribution in [2.45, 2.75) is 40.0 Å². The maximum Gasteiger partial charge on any atom is 0.241 e. The summed E-state index contributed by atoms with van der Waals surface area (Å²) < 4.78 is 16.1. The summed E-state index contributed by atoms with van der Waals surface area (Å²) in [6.45, 7) is 8.87. The summed E-state index contributed by atoms with van der Waals surface area (Å²) in [6.07, 6.45) is 5.61. The number of aliphatic hydroxyl groups excluding tert-OH is 1. The molecule has 4 aromatic heterocycles. The lowest BCUT2D eigenvalue weighted by Crippen LogP contribution is -2.34. The number of aromatic nitrogens is 7. The van der Waals surface area contributed by atoms with Crippen molar-refractivity contribution in [3.05, 3.63) is 34.9 Å². The van der Waals surface area contributed by atoms with Gasteiger partial charge in [0.2, 0.25) is 11.8 Å². The predicted molar refractivity (Wildman–Crippen MR) is 145 cm³/mol. The Morgan fingerprint density at radius 1 is 1.29 bits per heavy atom. The van der Waals surface area contributed by atoms with E-state index in [1.807, 2.05) is 43.9 Å². The molecular weight excluding hydrogens is 486 g/mol. The third kappa shape index (κ3) is 4.89. The number of pyridine rings is 1. The van der Waals surface area contributed by atoms with Crippen molar-refractivity contribution < 1.29 is 14.6 Å². The highest BCUT2D eigenvalue weighted by Crippen LogP contribution is 2.35. The molecule has 12 heteroatoms. The number of H-pyrrole nitrogens is 1. The Morgan fingerprint density at radius 2 is 2.13 bits per heavy atom.